The van der Waals surface area contributed by atoms with Crippen molar-refractivity contribution in [2.75, 3.05) is 19.6 Å². The number of rotatable bonds is 9. The molecule has 7 nitrogen and oxygen atoms in total. The molecule has 2 aliphatic rings. The van der Waals surface area contributed by atoms with Gasteiger partial charge in [0.05, 0.1) is 24.9 Å². The van der Waals surface area contributed by atoms with Gasteiger partial charge >= 0.3 is 0 Å². The summed E-state index contributed by atoms with van der Waals surface area (Å²) in [7, 11) is 0. The SMILES string of the molecule is C[C@H]1[C@@H](CN2CC[C@H](O)C2)O[C@@H](c2cccc(-c3cccc(CNC(=O)c4ccccc4)c3)c2)O[C@H]1c1ccc(CO)cc1. The van der Waals surface area contributed by atoms with Crippen LogP contribution in [0.3, 0.4) is 0 Å². The molecule has 44 heavy (non-hydrogen) atoms. The second-order valence-corrected chi connectivity index (χ2v) is 11.9. The highest BCUT2D eigenvalue weighted by Crippen LogP contribution is 2.42. The minimum Gasteiger partial charge on any atom is -0.392 e. The smallest absolute Gasteiger partial charge is 0.251 e. The van der Waals surface area contributed by atoms with Crippen molar-refractivity contribution < 1.29 is 24.5 Å². The largest absolute Gasteiger partial charge is 0.392 e. The third-order valence-electron chi connectivity index (χ3n) is 8.72. The van der Waals surface area contributed by atoms with E-state index >= 15 is 0 Å². The van der Waals surface area contributed by atoms with Gasteiger partial charge < -0.3 is 25.0 Å². The molecule has 0 spiro atoms. The Morgan fingerprint density at radius 3 is 2.34 bits per heavy atom. The normalized spacial score (nSPS) is 23.8. The quantitative estimate of drug-likeness (QED) is 0.233. The van der Waals surface area contributed by atoms with Crippen LogP contribution < -0.4 is 5.32 Å². The summed E-state index contributed by atoms with van der Waals surface area (Å²) in [6.45, 7) is 4.83. The number of carbonyl (C=O) groups excluding carboxylic acids is 1. The van der Waals surface area contributed by atoms with Crippen LogP contribution in [0.15, 0.2) is 103 Å². The molecule has 0 bridgehead atoms. The van der Waals surface area contributed by atoms with Crippen LogP contribution in [0.5, 0.6) is 0 Å². The number of carbonyl (C=O) groups is 1. The van der Waals surface area contributed by atoms with Crippen LogP contribution in [0.2, 0.25) is 0 Å². The number of benzene rings is 4. The van der Waals surface area contributed by atoms with Gasteiger partial charge in [-0.25, -0.2) is 0 Å². The Morgan fingerprint density at radius 2 is 1.61 bits per heavy atom. The number of hydrogen-bond donors (Lipinski definition) is 3. The number of aliphatic hydroxyl groups excluding tert-OH is 2. The predicted molar refractivity (Wildman–Crippen MR) is 170 cm³/mol. The molecule has 4 aromatic rings. The predicted octanol–water partition coefficient (Wildman–Crippen LogP) is 5.63. The first-order chi connectivity index (χ1) is 21.5. The van der Waals surface area contributed by atoms with Gasteiger partial charge in [-0.2, -0.15) is 0 Å². The van der Waals surface area contributed by atoms with Crippen molar-refractivity contribution in [1.29, 1.82) is 0 Å². The molecule has 0 saturated carbocycles. The number of hydrogen-bond acceptors (Lipinski definition) is 6. The van der Waals surface area contributed by atoms with E-state index in [1.54, 1.807) is 12.1 Å². The number of aliphatic hydroxyl groups is 2. The van der Waals surface area contributed by atoms with Gasteiger partial charge in [0.2, 0.25) is 0 Å². The molecule has 3 N–H and O–H groups in total. The highest BCUT2D eigenvalue weighted by Gasteiger charge is 2.40. The average Bonchev–Trinajstić information content (AvgIpc) is 3.49. The summed E-state index contributed by atoms with van der Waals surface area (Å²) < 4.78 is 13.3. The van der Waals surface area contributed by atoms with E-state index in [1.165, 1.54) is 0 Å². The van der Waals surface area contributed by atoms with E-state index in [0.29, 0.717) is 18.7 Å². The van der Waals surface area contributed by atoms with Crippen LogP contribution in [0, 0.1) is 5.92 Å². The Morgan fingerprint density at radius 1 is 0.864 bits per heavy atom. The molecule has 4 aromatic carbocycles. The topological polar surface area (TPSA) is 91.3 Å². The number of ether oxygens (including phenoxy) is 2. The Kier molecular flexibility index (Phi) is 9.50. The highest BCUT2D eigenvalue weighted by atomic mass is 16.7. The number of β-amino-alcohol motifs (C(OH)–C–C–N with tert-alkyl or cyclic N) is 1. The van der Waals surface area contributed by atoms with Gasteiger partial charge in [-0.05, 0) is 58.5 Å². The van der Waals surface area contributed by atoms with E-state index in [-0.39, 0.29) is 36.7 Å². The third-order valence-corrected chi connectivity index (χ3v) is 8.72. The standard InChI is InChI=1S/C37H40N2O5/c1-25-34(23-39-18-17-33(41)22-39)43-37(44-35(25)28-15-13-26(24-40)14-16-28)32-12-6-11-31(20-32)30-10-5-7-27(19-30)21-38-36(42)29-8-3-2-4-9-29/h2-16,19-20,25,33-35,37,40-41H,17-18,21-24H2,1H3,(H,38,42)/t25-,33-,34+,35+,37+/m0/s1. The Bertz CT molecular complexity index is 1540. The third kappa shape index (κ3) is 7.09. The molecule has 228 valence electrons. The highest BCUT2D eigenvalue weighted by molar-refractivity contribution is 5.94. The molecule has 2 aliphatic heterocycles. The van der Waals surface area contributed by atoms with Crippen LogP contribution in [0.25, 0.3) is 11.1 Å². The first-order valence-electron chi connectivity index (χ1n) is 15.4. The lowest BCUT2D eigenvalue weighted by atomic mass is 9.90. The number of likely N-dealkylation sites (tertiary alicyclic amines) is 1. The van der Waals surface area contributed by atoms with Gasteiger partial charge in [0, 0.05) is 43.2 Å². The molecule has 6 rings (SSSR count). The van der Waals surface area contributed by atoms with E-state index in [9.17, 15) is 15.0 Å². The monoisotopic (exact) mass is 592 g/mol. The summed E-state index contributed by atoms with van der Waals surface area (Å²) >= 11 is 0. The van der Waals surface area contributed by atoms with E-state index in [1.807, 2.05) is 66.7 Å². The van der Waals surface area contributed by atoms with Crippen LogP contribution in [-0.2, 0) is 22.6 Å². The van der Waals surface area contributed by atoms with Gasteiger partial charge in [-0.3, -0.25) is 9.69 Å². The van der Waals surface area contributed by atoms with Gasteiger partial charge in [-0.15, -0.1) is 0 Å². The fourth-order valence-electron chi connectivity index (χ4n) is 6.16. The van der Waals surface area contributed by atoms with E-state index in [4.69, 9.17) is 9.47 Å². The second-order valence-electron chi connectivity index (χ2n) is 11.9. The number of nitrogens with one attached hydrogen (secondary N) is 1. The van der Waals surface area contributed by atoms with E-state index < -0.39 is 6.29 Å². The van der Waals surface area contributed by atoms with Crippen LogP contribution in [0.4, 0.5) is 0 Å². The average molecular weight is 593 g/mol. The zero-order valence-corrected chi connectivity index (χ0v) is 25.0. The summed E-state index contributed by atoms with van der Waals surface area (Å²) in [5, 5.41) is 22.7. The Balaban J connectivity index is 1.22. The first kappa shape index (κ1) is 30.2. The van der Waals surface area contributed by atoms with Gasteiger partial charge in [0.25, 0.3) is 5.91 Å². The molecule has 2 heterocycles. The summed E-state index contributed by atoms with van der Waals surface area (Å²) in [4.78, 5) is 14.8. The van der Waals surface area contributed by atoms with Crippen molar-refractivity contribution in [2.24, 2.45) is 5.92 Å². The molecule has 0 aliphatic carbocycles. The van der Waals surface area contributed by atoms with Crippen molar-refractivity contribution in [3.63, 3.8) is 0 Å². The molecular formula is C37H40N2O5. The lowest BCUT2D eigenvalue weighted by Gasteiger charge is -2.42. The molecule has 5 atom stereocenters. The lowest BCUT2D eigenvalue weighted by Crippen LogP contribution is -2.44. The van der Waals surface area contributed by atoms with Gasteiger partial charge in [0.1, 0.15) is 0 Å². The van der Waals surface area contributed by atoms with Crippen molar-refractivity contribution in [3.05, 3.63) is 131 Å². The van der Waals surface area contributed by atoms with Crippen molar-refractivity contribution >= 4 is 5.91 Å². The lowest BCUT2D eigenvalue weighted by molar-refractivity contribution is -0.276. The minimum absolute atomic E-state index is 0.000391. The minimum atomic E-state index is -0.570. The number of amides is 1. The van der Waals surface area contributed by atoms with Crippen LogP contribution in [-0.4, -0.2) is 52.9 Å². The summed E-state index contributed by atoms with van der Waals surface area (Å²) in [5.41, 5.74) is 6.57. The Labute approximate surface area is 259 Å². The molecule has 0 aromatic heterocycles. The van der Waals surface area contributed by atoms with Crippen LogP contribution in [0.1, 0.15) is 58.4 Å². The maximum atomic E-state index is 12.6. The van der Waals surface area contributed by atoms with Gasteiger partial charge in [0.15, 0.2) is 6.29 Å². The molecule has 0 radical (unpaired) electrons. The molecule has 2 fully saturated rings. The zero-order chi connectivity index (χ0) is 30.5. The first-order valence-corrected chi connectivity index (χ1v) is 15.4. The molecule has 7 heteroatoms. The maximum absolute atomic E-state index is 12.6. The van der Waals surface area contributed by atoms with Gasteiger partial charge in [-0.1, -0.05) is 85.8 Å². The Hall–Kier alpha value is -3.85. The summed E-state index contributed by atoms with van der Waals surface area (Å²) in [5.74, 6) is -0.0210. The fourth-order valence-corrected chi connectivity index (χ4v) is 6.16. The van der Waals surface area contributed by atoms with E-state index in [0.717, 1.165) is 52.9 Å². The van der Waals surface area contributed by atoms with Crippen molar-refractivity contribution in [2.45, 2.75) is 51.1 Å². The zero-order valence-electron chi connectivity index (χ0n) is 25.0. The maximum Gasteiger partial charge on any atom is 0.251 e. The molecule has 1 amide bonds. The van der Waals surface area contributed by atoms with Crippen LogP contribution >= 0.6 is 0 Å². The second kappa shape index (κ2) is 13.8. The fraction of sp³-hybridized carbons (Fsp3) is 0.324. The molecule has 0 unspecified atom stereocenters. The summed E-state index contributed by atoms with van der Waals surface area (Å²) in [6.07, 6.45) is -0.369. The van der Waals surface area contributed by atoms with Crippen molar-refractivity contribution in [3.8, 4) is 11.1 Å². The van der Waals surface area contributed by atoms with E-state index in [2.05, 4.69) is 41.4 Å². The van der Waals surface area contributed by atoms with Crippen molar-refractivity contribution in [1.82, 2.24) is 10.2 Å². The molecular weight excluding hydrogens is 552 g/mol. The summed E-state index contributed by atoms with van der Waals surface area (Å²) in [6, 6.07) is 33.6. The molecule has 2 saturated heterocycles. The number of nitrogens with zero attached hydrogens (tertiary/aromatic N) is 1.